The molecule has 22 heavy (non-hydrogen) atoms. The maximum Gasteiger partial charge on any atom is 0.0825 e. The van der Waals surface area contributed by atoms with E-state index in [0.29, 0.717) is 12.0 Å². The van der Waals surface area contributed by atoms with E-state index in [0.717, 1.165) is 19.7 Å². The van der Waals surface area contributed by atoms with Gasteiger partial charge in [0, 0.05) is 30.4 Å². The van der Waals surface area contributed by atoms with Gasteiger partial charge in [0.1, 0.15) is 0 Å². The van der Waals surface area contributed by atoms with E-state index in [2.05, 4.69) is 59.0 Å². The summed E-state index contributed by atoms with van der Waals surface area (Å²) in [5.74, 6) is 0.611. The van der Waals surface area contributed by atoms with Crippen LogP contribution in [0.4, 0.5) is 0 Å². The van der Waals surface area contributed by atoms with Crippen molar-refractivity contribution in [2.75, 3.05) is 6.61 Å². The quantitative estimate of drug-likeness (QED) is 0.831. The largest absolute Gasteiger partial charge is 0.347 e. The molecule has 3 nitrogen and oxygen atoms in total. The molecule has 0 aliphatic carbocycles. The number of aromatic nitrogens is 1. The predicted molar refractivity (Wildman–Crippen MR) is 87.2 cm³/mol. The normalized spacial score (nSPS) is 23.7. The molecule has 3 heterocycles. The molecule has 2 aliphatic heterocycles. The van der Waals surface area contributed by atoms with Gasteiger partial charge in [0.05, 0.1) is 12.6 Å². The summed E-state index contributed by atoms with van der Waals surface area (Å²) >= 11 is 0. The highest BCUT2D eigenvalue weighted by atomic mass is 16.7. The monoisotopic (exact) mass is 296 g/mol. The first-order chi connectivity index (χ1) is 10.9. The molecule has 0 spiro atoms. The number of hydroxylamine groups is 2. The van der Waals surface area contributed by atoms with E-state index in [1.54, 1.807) is 0 Å². The second-order valence-electron chi connectivity index (χ2n) is 6.53. The smallest absolute Gasteiger partial charge is 0.0825 e. The van der Waals surface area contributed by atoms with Crippen molar-refractivity contribution in [1.29, 1.82) is 0 Å². The molecule has 1 aromatic carbocycles. The average molecular weight is 296 g/mol. The third-order valence-corrected chi connectivity index (χ3v) is 5.00. The molecule has 1 saturated heterocycles. The maximum absolute atomic E-state index is 5.99. The molecule has 0 radical (unpaired) electrons. The molecule has 2 aliphatic rings. The van der Waals surface area contributed by atoms with E-state index in [1.165, 1.54) is 36.2 Å². The summed E-state index contributed by atoms with van der Waals surface area (Å²) in [6, 6.07) is 15.7. The summed E-state index contributed by atoms with van der Waals surface area (Å²) in [5, 5.41) is 2.20. The predicted octanol–water partition coefficient (Wildman–Crippen LogP) is 3.95. The summed E-state index contributed by atoms with van der Waals surface area (Å²) in [5.41, 5.74) is 4.27. The van der Waals surface area contributed by atoms with Crippen LogP contribution in [0.25, 0.3) is 0 Å². The lowest BCUT2D eigenvalue weighted by Gasteiger charge is -2.21. The summed E-state index contributed by atoms with van der Waals surface area (Å²) in [4.78, 5) is 5.99. The van der Waals surface area contributed by atoms with Gasteiger partial charge in [-0.05, 0) is 30.5 Å². The molecule has 0 saturated carbocycles. The minimum atomic E-state index is 0.426. The molecule has 0 N–H and O–H groups in total. The number of hydrogen-bond acceptors (Lipinski definition) is 2. The van der Waals surface area contributed by atoms with Crippen molar-refractivity contribution in [2.24, 2.45) is 5.92 Å². The summed E-state index contributed by atoms with van der Waals surface area (Å²) in [7, 11) is 0. The molecule has 116 valence electrons. The molecule has 1 aromatic heterocycles. The molecule has 0 unspecified atom stereocenters. The Bertz CT molecular complexity index is 634. The van der Waals surface area contributed by atoms with E-state index in [9.17, 15) is 0 Å². The minimum Gasteiger partial charge on any atom is -0.347 e. The summed E-state index contributed by atoms with van der Waals surface area (Å²) < 4.78 is 2.55. The highest BCUT2D eigenvalue weighted by Gasteiger charge is 2.43. The molecule has 0 bridgehead atoms. The molecule has 1 fully saturated rings. The van der Waals surface area contributed by atoms with Gasteiger partial charge in [-0.25, -0.2) is 0 Å². The van der Waals surface area contributed by atoms with Gasteiger partial charge in [0.2, 0.25) is 0 Å². The van der Waals surface area contributed by atoms with Crippen molar-refractivity contribution in [3.63, 3.8) is 0 Å². The van der Waals surface area contributed by atoms with Crippen LogP contribution in [0, 0.1) is 5.92 Å². The van der Waals surface area contributed by atoms with Crippen molar-refractivity contribution in [1.82, 2.24) is 9.63 Å². The third-order valence-electron chi connectivity index (χ3n) is 5.00. The lowest BCUT2D eigenvalue weighted by Crippen LogP contribution is -2.22. The number of fused-ring (bicyclic) bond motifs is 3. The molecule has 0 amide bonds. The van der Waals surface area contributed by atoms with Crippen LogP contribution < -0.4 is 0 Å². The van der Waals surface area contributed by atoms with Crippen LogP contribution in [0.2, 0.25) is 0 Å². The molecule has 2 atom stereocenters. The number of nitrogens with zero attached hydrogens (tertiary/aromatic N) is 2. The van der Waals surface area contributed by atoms with Crippen molar-refractivity contribution < 1.29 is 4.84 Å². The van der Waals surface area contributed by atoms with Gasteiger partial charge in [-0.2, -0.15) is 5.06 Å². The van der Waals surface area contributed by atoms with Gasteiger partial charge in [-0.15, -0.1) is 0 Å². The van der Waals surface area contributed by atoms with Gasteiger partial charge >= 0.3 is 0 Å². The van der Waals surface area contributed by atoms with Gasteiger partial charge in [-0.1, -0.05) is 43.7 Å². The molecule has 4 rings (SSSR count). The Balaban J connectivity index is 1.55. The third kappa shape index (κ3) is 2.38. The Morgan fingerprint density at radius 3 is 2.82 bits per heavy atom. The van der Waals surface area contributed by atoms with Crippen molar-refractivity contribution in [3.8, 4) is 0 Å². The van der Waals surface area contributed by atoms with Gasteiger partial charge in [0.15, 0.2) is 0 Å². The second kappa shape index (κ2) is 5.90. The van der Waals surface area contributed by atoms with E-state index in [1.807, 2.05) is 0 Å². The SMILES string of the molecule is CCCCc1ccc2n1C[C@H]1CON(Cc3ccccc3)[C@@H]21. The zero-order valence-corrected chi connectivity index (χ0v) is 13.2. The van der Waals surface area contributed by atoms with Crippen LogP contribution in [-0.4, -0.2) is 16.2 Å². The first kappa shape index (κ1) is 14.0. The van der Waals surface area contributed by atoms with E-state index in [4.69, 9.17) is 4.84 Å². The molecule has 3 heteroatoms. The first-order valence-corrected chi connectivity index (χ1v) is 8.48. The lowest BCUT2D eigenvalue weighted by molar-refractivity contribution is -0.141. The number of aryl methyl sites for hydroxylation is 1. The number of benzene rings is 1. The highest BCUT2D eigenvalue weighted by molar-refractivity contribution is 5.25. The zero-order chi connectivity index (χ0) is 14.9. The lowest BCUT2D eigenvalue weighted by atomic mass is 10.0. The average Bonchev–Trinajstić information content (AvgIpc) is 3.19. The van der Waals surface area contributed by atoms with Crippen molar-refractivity contribution in [2.45, 2.75) is 45.3 Å². The Morgan fingerprint density at radius 1 is 1.14 bits per heavy atom. The van der Waals surface area contributed by atoms with Gasteiger partial charge in [-0.3, -0.25) is 4.84 Å². The van der Waals surface area contributed by atoms with Crippen LogP contribution in [0.15, 0.2) is 42.5 Å². The van der Waals surface area contributed by atoms with Gasteiger partial charge < -0.3 is 4.57 Å². The van der Waals surface area contributed by atoms with Crippen LogP contribution in [0.5, 0.6) is 0 Å². The molecular weight excluding hydrogens is 272 g/mol. The Hall–Kier alpha value is -1.58. The fraction of sp³-hybridized carbons (Fsp3) is 0.474. The number of hydrogen-bond donors (Lipinski definition) is 0. The topological polar surface area (TPSA) is 17.4 Å². The second-order valence-corrected chi connectivity index (χ2v) is 6.53. The molecule has 2 aromatic rings. The zero-order valence-electron chi connectivity index (χ0n) is 13.2. The number of rotatable bonds is 5. The van der Waals surface area contributed by atoms with E-state index in [-0.39, 0.29) is 0 Å². The maximum atomic E-state index is 5.99. The first-order valence-electron chi connectivity index (χ1n) is 8.48. The van der Waals surface area contributed by atoms with Crippen LogP contribution >= 0.6 is 0 Å². The van der Waals surface area contributed by atoms with Gasteiger partial charge in [0.25, 0.3) is 0 Å². The summed E-state index contributed by atoms with van der Waals surface area (Å²) in [6.07, 6.45) is 3.75. The minimum absolute atomic E-state index is 0.426. The Kier molecular flexibility index (Phi) is 3.77. The van der Waals surface area contributed by atoms with Crippen molar-refractivity contribution >= 4 is 0 Å². The van der Waals surface area contributed by atoms with Crippen molar-refractivity contribution in [3.05, 3.63) is 59.4 Å². The fourth-order valence-electron chi connectivity index (χ4n) is 3.87. The van der Waals surface area contributed by atoms with Crippen LogP contribution in [0.3, 0.4) is 0 Å². The highest BCUT2D eigenvalue weighted by Crippen LogP contribution is 2.43. The van der Waals surface area contributed by atoms with E-state index >= 15 is 0 Å². The van der Waals surface area contributed by atoms with E-state index < -0.39 is 0 Å². The van der Waals surface area contributed by atoms with Crippen LogP contribution in [-0.2, 0) is 24.3 Å². The Morgan fingerprint density at radius 2 is 2.00 bits per heavy atom. The molecular formula is C19H24N2O. The van der Waals surface area contributed by atoms with Crippen LogP contribution in [0.1, 0.15) is 42.8 Å². The number of unbranched alkanes of at least 4 members (excludes halogenated alkanes) is 1. The summed E-state index contributed by atoms with van der Waals surface area (Å²) in [6.45, 7) is 5.11. The Labute approximate surface area is 132 Å². The fourth-order valence-corrected chi connectivity index (χ4v) is 3.87. The standard InChI is InChI=1S/C19H24N2O/c1-2-3-9-17-10-11-18-19-16(13-20(17)18)14-22-21(19)12-15-7-5-4-6-8-15/h4-8,10-11,16,19H,2-3,9,12-14H2,1H3/t16-,19+/m0/s1.